The summed E-state index contributed by atoms with van der Waals surface area (Å²) in [4.78, 5) is 0. The van der Waals surface area contributed by atoms with Crippen molar-refractivity contribution >= 4 is 53.7 Å². The first-order chi connectivity index (χ1) is 10.1. The van der Waals surface area contributed by atoms with E-state index in [4.69, 9.17) is 0 Å². The molecular weight excluding hydrogens is 390 g/mol. The number of nitrogens with zero attached hydrogens (tertiary/aromatic N) is 1. The summed E-state index contributed by atoms with van der Waals surface area (Å²) in [6.45, 7) is 7.51. The van der Waals surface area contributed by atoms with Crippen LogP contribution in [0.2, 0.25) is 0 Å². The lowest BCUT2D eigenvalue weighted by Gasteiger charge is -2.05. The third-order valence-corrected chi connectivity index (χ3v) is 4.23. The standard InChI is InChI=1S/C15H13Br2N.C3H8/c1-2-7-18-14-8-10(16)3-5-12(14)13-6-4-11(17)9-15(13)18;1-3-2/h3-6,8-9H,2,7H2,1H3;3H2,1-2H3. The zero-order chi connectivity index (χ0) is 15.4. The molecule has 3 heteroatoms. The largest absolute Gasteiger partial charge is 0.340 e. The maximum Gasteiger partial charge on any atom is 0.0502 e. The topological polar surface area (TPSA) is 4.93 Å². The molecule has 1 heterocycles. The van der Waals surface area contributed by atoms with E-state index in [1.165, 1.54) is 28.2 Å². The first-order valence-corrected chi connectivity index (χ1v) is 9.07. The van der Waals surface area contributed by atoms with Crippen LogP contribution in [0.4, 0.5) is 0 Å². The summed E-state index contributed by atoms with van der Waals surface area (Å²) in [5, 5.41) is 2.66. The van der Waals surface area contributed by atoms with Crippen molar-refractivity contribution in [1.29, 1.82) is 0 Å². The molecule has 0 N–H and O–H groups in total. The van der Waals surface area contributed by atoms with Gasteiger partial charge in [-0.1, -0.05) is 71.2 Å². The van der Waals surface area contributed by atoms with Crippen LogP contribution in [0.5, 0.6) is 0 Å². The second kappa shape index (κ2) is 7.46. The number of aromatic nitrogens is 1. The van der Waals surface area contributed by atoms with Gasteiger partial charge in [-0.05, 0) is 30.7 Å². The van der Waals surface area contributed by atoms with Crippen molar-refractivity contribution in [2.75, 3.05) is 0 Å². The SMILES string of the molecule is CCC.CCCn1c2cc(Br)ccc2c2ccc(Br)cc21. The highest BCUT2D eigenvalue weighted by Gasteiger charge is 2.10. The third-order valence-electron chi connectivity index (χ3n) is 3.24. The van der Waals surface area contributed by atoms with Gasteiger partial charge < -0.3 is 4.57 Å². The van der Waals surface area contributed by atoms with Crippen molar-refractivity contribution in [1.82, 2.24) is 4.57 Å². The van der Waals surface area contributed by atoms with E-state index in [2.05, 4.69) is 93.6 Å². The number of benzene rings is 2. The average molecular weight is 411 g/mol. The van der Waals surface area contributed by atoms with Crippen molar-refractivity contribution in [2.45, 2.75) is 40.2 Å². The molecule has 0 bridgehead atoms. The third kappa shape index (κ3) is 3.51. The fraction of sp³-hybridized carbons (Fsp3) is 0.333. The van der Waals surface area contributed by atoms with Crippen LogP contribution in [0.25, 0.3) is 21.8 Å². The Kier molecular flexibility index (Phi) is 5.88. The first-order valence-electron chi connectivity index (χ1n) is 7.49. The van der Waals surface area contributed by atoms with E-state index in [1.807, 2.05) is 0 Å². The number of rotatable bonds is 2. The molecule has 2 aromatic carbocycles. The molecule has 3 aromatic rings. The minimum absolute atomic E-state index is 1.05. The van der Waals surface area contributed by atoms with Gasteiger partial charge in [-0.15, -0.1) is 0 Å². The molecule has 21 heavy (non-hydrogen) atoms. The van der Waals surface area contributed by atoms with Crippen molar-refractivity contribution in [3.63, 3.8) is 0 Å². The Morgan fingerprint density at radius 1 is 0.810 bits per heavy atom. The number of hydrogen-bond donors (Lipinski definition) is 0. The molecular formula is C18H21Br2N. The zero-order valence-corrected chi connectivity index (χ0v) is 16.0. The van der Waals surface area contributed by atoms with E-state index in [-0.39, 0.29) is 0 Å². The monoisotopic (exact) mass is 409 g/mol. The molecule has 0 unspecified atom stereocenters. The van der Waals surface area contributed by atoms with Crippen molar-refractivity contribution < 1.29 is 0 Å². The summed E-state index contributed by atoms with van der Waals surface area (Å²) in [6.07, 6.45) is 2.39. The molecule has 0 atom stereocenters. The van der Waals surface area contributed by atoms with Gasteiger partial charge >= 0.3 is 0 Å². The van der Waals surface area contributed by atoms with Crippen LogP contribution >= 0.6 is 31.9 Å². The fourth-order valence-corrected chi connectivity index (χ4v) is 3.20. The van der Waals surface area contributed by atoms with Gasteiger partial charge in [0.2, 0.25) is 0 Å². The first kappa shape index (κ1) is 16.6. The highest BCUT2D eigenvalue weighted by atomic mass is 79.9. The fourth-order valence-electron chi connectivity index (χ4n) is 2.51. The minimum atomic E-state index is 1.05. The van der Waals surface area contributed by atoms with Gasteiger partial charge in [0.05, 0.1) is 11.0 Å². The Labute approximate surface area is 143 Å². The van der Waals surface area contributed by atoms with Crippen LogP contribution < -0.4 is 0 Å². The van der Waals surface area contributed by atoms with Crippen molar-refractivity contribution in [2.24, 2.45) is 0 Å². The second-order valence-electron chi connectivity index (χ2n) is 5.18. The highest BCUT2D eigenvalue weighted by molar-refractivity contribution is 9.10. The van der Waals surface area contributed by atoms with Gasteiger partial charge in [0.15, 0.2) is 0 Å². The van der Waals surface area contributed by atoms with Crippen LogP contribution in [0.15, 0.2) is 45.3 Å². The summed E-state index contributed by atoms with van der Waals surface area (Å²) < 4.78 is 4.67. The Morgan fingerprint density at radius 2 is 1.24 bits per heavy atom. The zero-order valence-electron chi connectivity index (χ0n) is 12.8. The average Bonchev–Trinajstić information content (AvgIpc) is 2.73. The molecule has 112 valence electrons. The molecule has 0 aliphatic carbocycles. The van der Waals surface area contributed by atoms with E-state index in [9.17, 15) is 0 Å². The molecule has 0 amide bonds. The number of hydrogen-bond acceptors (Lipinski definition) is 0. The molecule has 0 saturated carbocycles. The van der Waals surface area contributed by atoms with E-state index in [1.54, 1.807) is 0 Å². The summed E-state index contributed by atoms with van der Waals surface area (Å²) in [5.41, 5.74) is 2.61. The van der Waals surface area contributed by atoms with Gasteiger partial charge in [-0.3, -0.25) is 0 Å². The molecule has 0 aliphatic heterocycles. The molecule has 0 aliphatic rings. The Hall–Kier alpha value is -0.800. The predicted molar refractivity (Wildman–Crippen MR) is 101 cm³/mol. The molecule has 1 nitrogen and oxygen atoms in total. The summed E-state index contributed by atoms with van der Waals surface area (Å²) >= 11 is 7.13. The van der Waals surface area contributed by atoms with Gasteiger partial charge in [-0.25, -0.2) is 0 Å². The van der Waals surface area contributed by atoms with Crippen LogP contribution in [-0.2, 0) is 6.54 Å². The van der Waals surface area contributed by atoms with E-state index >= 15 is 0 Å². The van der Waals surface area contributed by atoms with E-state index < -0.39 is 0 Å². The van der Waals surface area contributed by atoms with Gasteiger partial charge in [0.1, 0.15) is 0 Å². The smallest absolute Gasteiger partial charge is 0.0502 e. The van der Waals surface area contributed by atoms with Crippen LogP contribution in [-0.4, -0.2) is 4.57 Å². The van der Waals surface area contributed by atoms with Gasteiger partial charge in [-0.2, -0.15) is 0 Å². The molecule has 0 radical (unpaired) electrons. The maximum absolute atomic E-state index is 3.57. The highest BCUT2D eigenvalue weighted by Crippen LogP contribution is 2.32. The quantitative estimate of drug-likeness (QED) is 0.422. The lowest BCUT2D eigenvalue weighted by Crippen LogP contribution is -1.95. The van der Waals surface area contributed by atoms with Gasteiger partial charge in [0.25, 0.3) is 0 Å². The summed E-state index contributed by atoms with van der Waals surface area (Å²) in [5.74, 6) is 0. The van der Waals surface area contributed by atoms with Crippen LogP contribution in [0.3, 0.4) is 0 Å². The number of aryl methyl sites for hydroxylation is 1. The van der Waals surface area contributed by atoms with Crippen LogP contribution in [0.1, 0.15) is 33.6 Å². The number of halogens is 2. The lowest BCUT2D eigenvalue weighted by molar-refractivity contribution is 0.724. The van der Waals surface area contributed by atoms with Crippen molar-refractivity contribution in [3.8, 4) is 0 Å². The van der Waals surface area contributed by atoms with E-state index in [0.717, 1.165) is 21.9 Å². The minimum Gasteiger partial charge on any atom is -0.340 e. The maximum atomic E-state index is 3.57. The van der Waals surface area contributed by atoms with Crippen LogP contribution in [0, 0.1) is 0 Å². The molecule has 3 rings (SSSR count). The van der Waals surface area contributed by atoms with Crippen molar-refractivity contribution in [3.05, 3.63) is 45.3 Å². The second-order valence-corrected chi connectivity index (χ2v) is 7.01. The van der Waals surface area contributed by atoms with E-state index in [0.29, 0.717) is 0 Å². The predicted octanol–water partition coefficient (Wildman–Crippen LogP) is 7.15. The Balaban J connectivity index is 0.000000497. The molecule has 0 saturated heterocycles. The molecule has 0 spiro atoms. The Morgan fingerprint density at radius 3 is 1.62 bits per heavy atom. The summed E-state index contributed by atoms with van der Waals surface area (Å²) in [6, 6.07) is 13.0. The molecule has 0 fully saturated rings. The normalized spacial score (nSPS) is 10.7. The molecule has 1 aromatic heterocycles. The summed E-state index contributed by atoms with van der Waals surface area (Å²) in [7, 11) is 0. The number of fused-ring (bicyclic) bond motifs is 3. The Bertz CT molecular complexity index is 684. The lowest BCUT2D eigenvalue weighted by atomic mass is 10.2. The van der Waals surface area contributed by atoms with Gasteiger partial charge in [0, 0.05) is 26.3 Å².